The first-order chi connectivity index (χ1) is 14.1. The Morgan fingerprint density at radius 2 is 1.55 bits per heavy atom. The smallest absolute Gasteiger partial charge is 0.272 e. The number of hydrogen-bond acceptors (Lipinski definition) is 3. The fourth-order valence-electron chi connectivity index (χ4n) is 2.58. The summed E-state index contributed by atoms with van der Waals surface area (Å²) in [6, 6.07) is 23.5. The lowest BCUT2D eigenvalue weighted by atomic mass is 10.1. The number of hydrogen-bond donors (Lipinski definition) is 2. The number of ether oxygens (including phenoxy) is 1. The second kappa shape index (κ2) is 9.88. The largest absolute Gasteiger partial charge is 0.497 e. The van der Waals surface area contributed by atoms with Crippen molar-refractivity contribution in [3.05, 3.63) is 99.3 Å². The molecule has 146 valence electrons. The van der Waals surface area contributed by atoms with Gasteiger partial charge < -0.3 is 15.4 Å². The maximum atomic E-state index is 12.9. The van der Waals surface area contributed by atoms with Gasteiger partial charge in [0, 0.05) is 9.26 Å². The third-order valence-electron chi connectivity index (χ3n) is 4.07. The molecule has 6 heteroatoms. The molecule has 2 N–H and O–H groups in total. The molecule has 0 unspecified atom stereocenters. The van der Waals surface area contributed by atoms with Crippen LogP contribution in [-0.4, -0.2) is 18.9 Å². The van der Waals surface area contributed by atoms with Crippen LogP contribution in [0.15, 0.2) is 84.6 Å². The zero-order valence-electron chi connectivity index (χ0n) is 15.7. The summed E-state index contributed by atoms with van der Waals surface area (Å²) in [5, 5.41) is 5.55. The number of carbonyl (C=O) groups is 2. The number of benzene rings is 3. The third kappa shape index (κ3) is 5.68. The van der Waals surface area contributed by atoms with Gasteiger partial charge in [0.05, 0.1) is 12.7 Å². The summed E-state index contributed by atoms with van der Waals surface area (Å²) in [6.07, 6.45) is 1.65. The summed E-state index contributed by atoms with van der Waals surface area (Å²) >= 11 is 2.10. The highest BCUT2D eigenvalue weighted by Crippen LogP contribution is 2.17. The summed E-state index contributed by atoms with van der Waals surface area (Å²) in [7, 11) is 1.58. The highest BCUT2D eigenvalue weighted by atomic mass is 127. The Labute approximate surface area is 182 Å². The fraction of sp³-hybridized carbons (Fsp3) is 0.0435. The lowest BCUT2D eigenvalue weighted by Crippen LogP contribution is -2.31. The zero-order chi connectivity index (χ0) is 20.6. The van der Waals surface area contributed by atoms with Crippen molar-refractivity contribution >= 4 is 46.2 Å². The van der Waals surface area contributed by atoms with Gasteiger partial charge in [0.1, 0.15) is 11.4 Å². The van der Waals surface area contributed by atoms with Gasteiger partial charge in [-0.25, -0.2) is 0 Å². The Hall–Kier alpha value is -3.13. The zero-order valence-corrected chi connectivity index (χ0v) is 17.8. The minimum Gasteiger partial charge on any atom is -0.497 e. The summed E-state index contributed by atoms with van der Waals surface area (Å²) in [5.74, 6) is -0.0737. The van der Waals surface area contributed by atoms with E-state index in [2.05, 4.69) is 33.2 Å². The number of nitrogens with one attached hydrogen (secondary N) is 2. The molecule has 0 bridgehead atoms. The number of anilines is 1. The van der Waals surface area contributed by atoms with Gasteiger partial charge in [0.25, 0.3) is 11.8 Å². The Morgan fingerprint density at radius 3 is 2.21 bits per heavy atom. The highest BCUT2D eigenvalue weighted by molar-refractivity contribution is 14.1. The lowest BCUT2D eigenvalue weighted by molar-refractivity contribution is -0.113. The van der Waals surface area contributed by atoms with Gasteiger partial charge >= 0.3 is 0 Å². The molecule has 0 atom stereocenters. The van der Waals surface area contributed by atoms with E-state index in [0.29, 0.717) is 17.0 Å². The van der Waals surface area contributed by atoms with Gasteiger partial charge in [-0.3, -0.25) is 9.59 Å². The summed E-state index contributed by atoms with van der Waals surface area (Å²) in [6.45, 7) is 0. The van der Waals surface area contributed by atoms with Crippen LogP contribution in [0.25, 0.3) is 6.08 Å². The van der Waals surface area contributed by atoms with Gasteiger partial charge in [-0.05, 0) is 70.6 Å². The molecule has 0 radical (unpaired) electrons. The number of methoxy groups -OCH3 is 1. The Bertz CT molecular complexity index is 1030. The SMILES string of the molecule is COc1ccc(NC(=O)C(=Cc2ccccc2)NC(=O)c2ccccc2I)cc1. The Morgan fingerprint density at radius 1 is 0.897 bits per heavy atom. The van der Waals surface area contributed by atoms with Crippen molar-refractivity contribution in [1.82, 2.24) is 5.32 Å². The van der Waals surface area contributed by atoms with Crippen LogP contribution in [0.1, 0.15) is 15.9 Å². The summed E-state index contributed by atoms with van der Waals surface area (Å²) < 4.78 is 5.93. The van der Waals surface area contributed by atoms with Crippen LogP contribution in [-0.2, 0) is 4.79 Å². The molecule has 29 heavy (non-hydrogen) atoms. The maximum Gasteiger partial charge on any atom is 0.272 e. The number of halogens is 1. The lowest BCUT2D eigenvalue weighted by Gasteiger charge is -2.12. The molecule has 5 nitrogen and oxygen atoms in total. The second-order valence-corrected chi connectivity index (χ2v) is 7.25. The van der Waals surface area contributed by atoms with Crippen molar-refractivity contribution in [2.75, 3.05) is 12.4 Å². The number of amides is 2. The number of carbonyl (C=O) groups excluding carboxylic acids is 2. The molecule has 0 aliphatic rings. The topological polar surface area (TPSA) is 67.4 Å². The molecule has 0 aliphatic carbocycles. The predicted molar refractivity (Wildman–Crippen MR) is 123 cm³/mol. The molecule has 2 amide bonds. The quantitative estimate of drug-likeness (QED) is 0.382. The molecular formula is C23H19IN2O3. The summed E-state index contributed by atoms with van der Waals surface area (Å²) in [5.41, 5.74) is 2.05. The van der Waals surface area contributed by atoms with E-state index in [9.17, 15) is 9.59 Å². The first-order valence-corrected chi connectivity index (χ1v) is 9.93. The van der Waals surface area contributed by atoms with Crippen LogP contribution < -0.4 is 15.4 Å². The minimum atomic E-state index is -0.418. The van der Waals surface area contributed by atoms with Gasteiger partial charge in [-0.2, -0.15) is 0 Å². The van der Waals surface area contributed by atoms with E-state index in [-0.39, 0.29) is 11.6 Å². The van der Waals surface area contributed by atoms with Gasteiger partial charge in [0.15, 0.2) is 0 Å². The van der Waals surface area contributed by atoms with E-state index >= 15 is 0 Å². The average Bonchev–Trinajstić information content (AvgIpc) is 2.74. The highest BCUT2D eigenvalue weighted by Gasteiger charge is 2.16. The Kier molecular flexibility index (Phi) is 7.02. The van der Waals surface area contributed by atoms with Crippen LogP contribution in [0.3, 0.4) is 0 Å². The van der Waals surface area contributed by atoms with Crippen molar-refractivity contribution in [3.8, 4) is 5.75 Å². The summed E-state index contributed by atoms with van der Waals surface area (Å²) in [4.78, 5) is 25.6. The monoisotopic (exact) mass is 498 g/mol. The van der Waals surface area contributed by atoms with Crippen molar-refractivity contribution in [2.24, 2.45) is 0 Å². The van der Waals surface area contributed by atoms with Crippen LogP contribution in [0.5, 0.6) is 5.75 Å². The molecule has 0 saturated heterocycles. The van der Waals surface area contributed by atoms with E-state index in [1.165, 1.54) is 0 Å². The molecule has 3 rings (SSSR count). The van der Waals surface area contributed by atoms with Gasteiger partial charge in [-0.1, -0.05) is 42.5 Å². The predicted octanol–water partition coefficient (Wildman–Crippen LogP) is 4.71. The normalized spacial score (nSPS) is 10.9. The van der Waals surface area contributed by atoms with E-state index in [4.69, 9.17) is 4.74 Å². The van der Waals surface area contributed by atoms with Crippen LogP contribution >= 0.6 is 22.6 Å². The van der Waals surface area contributed by atoms with Crippen molar-refractivity contribution < 1.29 is 14.3 Å². The van der Waals surface area contributed by atoms with Crippen molar-refractivity contribution in [3.63, 3.8) is 0 Å². The van der Waals surface area contributed by atoms with Crippen molar-refractivity contribution in [2.45, 2.75) is 0 Å². The van der Waals surface area contributed by atoms with Crippen molar-refractivity contribution in [1.29, 1.82) is 0 Å². The van der Waals surface area contributed by atoms with E-state index in [1.807, 2.05) is 42.5 Å². The molecule has 0 spiro atoms. The Balaban J connectivity index is 1.86. The molecule has 0 saturated carbocycles. The van der Waals surface area contributed by atoms with Crippen LogP contribution in [0.2, 0.25) is 0 Å². The van der Waals surface area contributed by atoms with E-state index in [1.54, 1.807) is 49.6 Å². The standard InChI is InChI=1S/C23H19IN2O3/c1-29-18-13-11-17(12-14-18)25-23(28)21(15-16-7-3-2-4-8-16)26-22(27)19-9-5-6-10-20(19)24/h2-15H,1H3,(H,25,28)(H,26,27). The average molecular weight is 498 g/mol. The molecule has 0 aromatic heterocycles. The first-order valence-electron chi connectivity index (χ1n) is 8.85. The number of rotatable bonds is 6. The van der Waals surface area contributed by atoms with E-state index < -0.39 is 5.91 Å². The van der Waals surface area contributed by atoms with Gasteiger partial charge in [-0.15, -0.1) is 0 Å². The molecule has 3 aromatic carbocycles. The van der Waals surface area contributed by atoms with E-state index in [0.717, 1.165) is 9.13 Å². The third-order valence-corrected chi connectivity index (χ3v) is 5.01. The van der Waals surface area contributed by atoms with Gasteiger partial charge in [0.2, 0.25) is 0 Å². The first kappa shape index (κ1) is 20.6. The maximum absolute atomic E-state index is 12.9. The molecule has 0 fully saturated rings. The second-order valence-electron chi connectivity index (χ2n) is 6.09. The fourth-order valence-corrected chi connectivity index (χ4v) is 3.21. The minimum absolute atomic E-state index is 0.150. The molecule has 0 aliphatic heterocycles. The van der Waals surface area contributed by atoms with Crippen LogP contribution in [0.4, 0.5) is 5.69 Å². The molecular weight excluding hydrogens is 479 g/mol. The van der Waals surface area contributed by atoms with Crippen LogP contribution in [0, 0.1) is 3.57 Å². The molecule has 3 aromatic rings. The molecule has 0 heterocycles.